The molecule has 3 N–H and O–H groups in total. The highest BCUT2D eigenvalue weighted by molar-refractivity contribution is 7.80. The molecule has 0 aliphatic rings. The molecule has 0 unspecified atom stereocenters. The summed E-state index contributed by atoms with van der Waals surface area (Å²) in [6, 6.07) is 20.0. The Labute approximate surface area is 178 Å². The number of oxazole rings is 1. The van der Waals surface area contributed by atoms with Crippen LogP contribution in [0.4, 0.5) is 5.69 Å². The molecule has 0 aliphatic heterocycles. The molecular formula is C23H19N3O3S. The maximum atomic E-state index is 12.1. The van der Waals surface area contributed by atoms with Crippen molar-refractivity contribution in [2.75, 3.05) is 5.32 Å². The van der Waals surface area contributed by atoms with E-state index in [4.69, 9.17) is 16.6 Å². The van der Waals surface area contributed by atoms with Crippen molar-refractivity contribution in [3.8, 4) is 17.2 Å². The second-order valence-electron chi connectivity index (χ2n) is 6.89. The summed E-state index contributed by atoms with van der Waals surface area (Å²) in [5, 5.41) is 16.1. The van der Waals surface area contributed by atoms with Gasteiger partial charge in [-0.05, 0) is 54.5 Å². The number of aryl methyl sites for hydroxylation is 1. The third kappa shape index (κ3) is 4.47. The fraction of sp³-hybridized carbons (Fsp3) is 0.0870. The monoisotopic (exact) mass is 417 g/mol. The normalized spacial score (nSPS) is 10.7. The lowest BCUT2D eigenvalue weighted by atomic mass is 10.1. The van der Waals surface area contributed by atoms with E-state index in [1.54, 1.807) is 12.1 Å². The number of aromatic hydroxyl groups is 1. The number of amides is 1. The molecule has 0 saturated carbocycles. The van der Waals surface area contributed by atoms with Crippen LogP contribution >= 0.6 is 12.2 Å². The van der Waals surface area contributed by atoms with Gasteiger partial charge in [0.1, 0.15) is 11.3 Å². The number of aromatic nitrogens is 1. The number of thiocarbonyl (C=S) groups is 1. The van der Waals surface area contributed by atoms with E-state index in [-0.39, 0.29) is 23.2 Å². The molecule has 4 rings (SSSR count). The lowest BCUT2D eigenvalue weighted by Crippen LogP contribution is -2.35. The maximum Gasteiger partial charge on any atom is 0.231 e. The second-order valence-corrected chi connectivity index (χ2v) is 7.30. The summed E-state index contributed by atoms with van der Waals surface area (Å²) in [5.74, 6) is 0.0985. The Balaban J connectivity index is 1.43. The summed E-state index contributed by atoms with van der Waals surface area (Å²) in [7, 11) is 0. The molecule has 4 aromatic rings. The van der Waals surface area contributed by atoms with E-state index in [0.717, 1.165) is 16.6 Å². The Morgan fingerprint density at radius 2 is 1.90 bits per heavy atom. The van der Waals surface area contributed by atoms with Gasteiger partial charge in [0.15, 0.2) is 10.7 Å². The van der Waals surface area contributed by atoms with Gasteiger partial charge in [0.2, 0.25) is 11.8 Å². The number of fused-ring (bicyclic) bond motifs is 1. The number of anilines is 1. The van der Waals surface area contributed by atoms with Crippen LogP contribution in [0.1, 0.15) is 11.1 Å². The molecule has 0 spiro atoms. The van der Waals surface area contributed by atoms with Crippen LogP contribution in [0, 0.1) is 6.92 Å². The lowest BCUT2D eigenvalue weighted by Gasteiger charge is -2.11. The minimum atomic E-state index is -0.221. The first-order valence-corrected chi connectivity index (χ1v) is 9.74. The topological polar surface area (TPSA) is 87.4 Å². The molecule has 0 fully saturated rings. The Kier molecular flexibility index (Phi) is 5.45. The van der Waals surface area contributed by atoms with Crippen molar-refractivity contribution in [1.29, 1.82) is 0 Å². The number of carbonyl (C=O) groups excluding carboxylic acids is 1. The molecule has 1 heterocycles. The number of nitrogens with one attached hydrogen (secondary N) is 2. The zero-order chi connectivity index (χ0) is 21.1. The molecule has 0 bridgehead atoms. The van der Waals surface area contributed by atoms with Crippen molar-refractivity contribution in [2.24, 2.45) is 0 Å². The molecule has 0 saturated heterocycles. The van der Waals surface area contributed by atoms with Crippen molar-refractivity contribution in [3.05, 3.63) is 77.9 Å². The summed E-state index contributed by atoms with van der Waals surface area (Å²) < 4.78 is 5.75. The third-order valence-electron chi connectivity index (χ3n) is 4.49. The van der Waals surface area contributed by atoms with Crippen LogP contribution in [-0.4, -0.2) is 21.1 Å². The molecule has 3 aromatic carbocycles. The molecule has 30 heavy (non-hydrogen) atoms. The molecule has 1 amide bonds. The van der Waals surface area contributed by atoms with Gasteiger partial charge in [0.25, 0.3) is 0 Å². The molecular weight excluding hydrogens is 398 g/mol. The molecule has 1 aromatic heterocycles. The largest absolute Gasteiger partial charge is 0.507 e. The molecule has 6 nitrogen and oxygen atoms in total. The molecule has 0 radical (unpaired) electrons. The highest BCUT2D eigenvalue weighted by Crippen LogP contribution is 2.33. The molecule has 0 aliphatic carbocycles. The number of benzene rings is 3. The Morgan fingerprint density at radius 3 is 2.67 bits per heavy atom. The van der Waals surface area contributed by atoms with Crippen molar-refractivity contribution >= 4 is 40.0 Å². The Hall–Kier alpha value is -3.71. The summed E-state index contributed by atoms with van der Waals surface area (Å²) in [5.41, 5.74) is 4.36. The van der Waals surface area contributed by atoms with E-state index in [1.165, 1.54) is 6.07 Å². The van der Waals surface area contributed by atoms with Gasteiger partial charge in [-0.25, -0.2) is 4.98 Å². The number of phenols is 1. The van der Waals surface area contributed by atoms with E-state index in [1.807, 2.05) is 55.5 Å². The zero-order valence-corrected chi connectivity index (χ0v) is 17.0. The van der Waals surface area contributed by atoms with E-state index < -0.39 is 0 Å². The van der Waals surface area contributed by atoms with Crippen molar-refractivity contribution in [1.82, 2.24) is 10.3 Å². The minimum absolute atomic E-state index is 0.0123. The van der Waals surface area contributed by atoms with Gasteiger partial charge < -0.3 is 20.2 Å². The first kappa shape index (κ1) is 19.6. The lowest BCUT2D eigenvalue weighted by molar-refractivity contribution is -0.119. The molecule has 0 atom stereocenters. The first-order valence-electron chi connectivity index (χ1n) is 9.33. The predicted molar refractivity (Wildman–Crippen MR) is 120 cm³/mol. The second kappa shape index (κ2) is 8.34. The first-order chi connectivity index (χ1) is 14.5. The SMILES string of the molecule is Cc1ccc2oc(-c3ccc(NC(=S)NC(=O)Cc4ccccc4)cc3O)nc2c1. The maximum absolute atomic E-state index is 12.1. The van der Waals surface area contributed by atoms with E-state index in [0.29, 0.717) is 22.7 Å². The summed E-state index contributed by atoms with van der Waals surface area (Å²) >= 11 is 5.20. The van der Waals surface area contributed by atoms with Gasteiger partial charge in [0.05, 0.1) is 12.0 Å². The Bertz CT molecular complexity index is 1240. The van der Waals surface area contributed by atoms with Gasteiger partial charge >= 0.3 is 0 Å². The average Bonchev–Trinajstić information content (AvgIpc) is 3.11. The highest BCUT2D eigenvalue weighted by Gasteiger charge is 2.14. The minimum Gasteiger partial charge on any atom is -0.507 e. The van der Waals surface area contributed by atoms with Gasteiger partial charge in [0, 0.05) is 11.8 Å². The van der Waals surface area contributed by atoms with Crippen molar-refractivity contribution in [3.63, 3.8) is 0 Å². The molecule has 150 valence electrons. The van der Waals surface area contributed by atoms with E-state index >= 15 is 0 Å². The van der Waals surface area contributed by atoms with Gasteiger partial charge in [-0.15, -0.1) is 0 Å². The van der Waals surface area contributed by atoms with Gasteiger partial charge in [-0.2, -0.15) is 0 Å². The summed E-state index contributed by atoms with van der Waals surface area (Å²) in [6.45, 7) is 1.98. The zero-order valence-electron chi connectivity index (χ0n) is 16.2. The number of hydrogen-bond acceptors (Lipinski definition) is 5. The standard InChI is InChI=1S/C23H19N3O3S/c1-14-7-10-20-18(11-14)25-22(29-20)17-9-8-16(13-19(17)27)24-23(30)26-21(28)12-15-5-3-2-4-6-15/h2-11,13,27H,12H2,1H3,(H2,24,26,28,30). The number of carbonyl (C=O) groups is 1. The smallest absolute Gasteiger partial charge is 0.231 e. The van der Waals surface area contributed by atoms with Crippen LogP contribution in [0.25, 0.3) is 22.6 Å². The van der Waals surface area contributed by atoms with Crippen LogP contribution in [0.2, 0.25) is 0 Å². The predicted octanol–water partition coefficient (Wildman–Crippen LogP) is 4.56. The van der Waals surface area contributed by atoms with E-state index in [9.17, 15) is 9.90 Å². The number of rotatable bonds is 4. The van der Waals surface area contributed by atoms with Gasteiger partial charge in [-0.3, -0.25) is 4.79 Å². The summed E-state index contributed by atoms with van der Waals surface area (Å²) in [6.07, 6.45) is 0.226. The van der Waals surface area contributed by atoms with Crippen LogP contribution in [-0.2, 0) is 11.2 Å². The number of phenolic OH excluding ortho intramolecular Hbond substituents is 1. The quantitative estimate of drug-likeness (QED) is 0.422. The summed E-state index contributed by atoms with van der Waals surface area (Å²) in [4.78, 5) is 16.6. The van der Waals surface area contributed by atoms with Crippen molar-refractivity contribution in [2.45, 2.75) is 13.3 Å². The van der Waals surface area contributed by atoms with Gasteiger partial charge in [-0.1, -0.05) is 36.4 Å². The van der Waals surface area contributed by atoms with E-state index in [2.05, 4.69) is 15.6 Å². The average molecular weight is 417 g/mol. The molecule has 7 heteroatoms. The third-order valence-corrected chi connectivity index (χ3v) is 4.69. The van der Waals surface area contributed by atoms with Crippen molar-refractivity contribution < 1.29 is 14.3 Å². The number of nitrogens with zero attached hydrogens (tertiary/aromatic N) is 1. The fourth-order valence-electron chi connectivity index (χ4n) is 3.06. The van der Waals surface area contributed by atoms with Crippen LogP contribution < -0.4 is 10.6 Å². The van der Waals surface area contributed by atoms with Crippen LogP contribution in [0.15, 0.2) is 71.1 Å². The number of hydrogen-bond donors (Lipinski definition) is 3. The fourth-order valence-corrected chi connectivity index (χ4v) is 3.29. The highest BCUT2D eigenvalue weighted by atomic mass is 32.1. The Morgan fingerprint density at radius 1 is 1.10 bits per heavy atom. The van der Waals surface area contributed by atoms with Crippen LogP contribution in [0.5, 0.6) is 5.75 Å². The van der Waals surface area contributed by atoms with Crippen LogP contribution in [0.3, 0.4) is 0 Å².